The summed E-state index contributed by atoms with van der Waals surface area (Å²) in [6, 6.07) is 4.59. The van der Waals surface area contributed by atoms with Crippen LogP contribution in [0.1, 0.15) is 36.8 Å². The molecule has 4 heterocycles. The van der Waals surface area contributed by atoms with E-state index in [0.717, 1.165) is 11.3 Å². The molecule has 10 heteroatoms. The Morgan fingerprint density at radius 1 is 1.29 bits per heavy atom. The van der Waals surface area contributed by atoms with E-state index in [4.69, 9.17) is 9.15 Å². The number of hydrogen-bond donors (Lipinski definition) is 0. The molecule has 1 atom stereocenters. The number of fused-ring (bicyclic) bond motifs is 3. The second-order valence-corrected chi connectivity index (χ2v) is 10.0. The summed E-state index contributed by atoms with van der Waals surface area (Å²) in [6.07, 6.45) is 3.90. The van der Waals surface area contributed by atoms with E-state index in [9.17, 15) is 13.2 Å². The number of aryl methyl sites for hydroxylation is 2. The van der Waals surface area contributed by atoms with Crippen molar-refractivity contribution >= 4 is 21.1 Å². The van der Waals surface area contributed by atoms with Crippen LogP contribution in [-0.2, 0) is 33.3 Å². The fourth-order valence-corrected chi connectivity index (χ4v) is 6.20. The fraction of sp³-hybridized carbons (Fsp3) is 0.476. The van der Waals surface area contributed by atoms with Crippen LogP contribution in [0.15, 0.2) is 38.5 Å². The van der Waals surface area contributed by atoms with Crippen molar-refractivity contribution in [1.29, 1.82) is 0 Å². The largest absolute Gasteiger partial charge is 0.419 e. The van der Waals surface area contributed by atoms with E-state index in [1.165, 1.54) is 21.0 Å². The summed E-state index contributed by atoms with van der Waals surface area (Å²) in [5, 5.41) is 0. The third-order valence-corrected chi connectivity index (χ3v) is 8.02. The number of rotatable bonds is 3. The van der Waals surface area contributed by atoms with Crippen molar-refractivity contribution in [2.45, 2.75) is 50.2 Å². The Balaban J connectivity index is 1.53. The number of aromatic nitrogens is 3. The molecule has 0 radical (unpaired) electrons. The highest BCUT2D eigenvalue weighted by molar-refractivity contribution is 7.89. The zero-order valence-corrected chi connectivity index (χ0v) is 18.3. The van der Waals surface area contributed by atoms with E-state index < -0.39 is 21.4 Å². The van der Waals surface area contributed by atoms with E-state index in [1.54, 1.807) is 6.07 Å². The molecule has 2 aromatic heterocycles. The van der Waals surface area contributed by atoms with Crippen LogP contribution in [0.3, 0.4) is 0 Å². The highest BCUT2D eigenvalue weighted by Gasteiger charge is 2.46. The monoisotopic (exact) mass is 444 g/mol. The number of ether oxygens (including phenoxy) is 1. The van der Waals surface area contributed by atoms with Crippen molar-refractivity contribution in [3.05, 3.63) is 52.0 Å². The van der Waals surface area contributed by atoms with Crippen LogP contribution in [0.4, 0.5) is 0 Å². The zero-order valence-electron chi connectivity index (χ0n) is 17.5. The van der Waals surface area contributed by atoms with Gasteiger partial charge < -0.3 is 9.15 Å². The van der Waals surface area contributed by atoms with Gasteiger partial charge in [0.1, 0.15) is 11.4 Å². The minimum atomic E-state index is -3.81. The van der Waals surface area contributed by atoms with E-state index >= 15 is 0 Å². The highest BCUT2D eigenvalue weighted by atomic mass is 32.2. The van der Waals surface area contributed by atoms with Gasteiger partial charge >= 0.3 is 5.76 Å². The molecule has 3 aromatic rings. The maximum atomic E-state index is 13.5. The summed E-state index contributed by atoms with van der Waals surface area (Å²) in [5.74, 6) is 0.149. The summed E-state index contributed by atoms with van der Waals surface area (Å²) < 4.78 is 41.4. The Morgan fingerprint density at radius 3 is 2.94 bits per heavy atom. The Kier molecular flexibility index (Phi) is 4.76. The molecule has 2 aliphatic rings. The first kappa shape index (κ1) is 20.3. The van der Waals surface area contributed by atoms with Gasteiger partial charge in [-0.15, -0.1) is 0 Å². The van der Waals surface area contributed by atoms with Gasteiger partial charge in [0, 0.05) is 31.9 Å². The van der Waals surface area contributed by atoms with Gasteiger partial charge in [-0.25, -0.2) is 23.2 Å². The van der Waals surface area contributed by atoms with Crippen LogP contribution in [0.2, 0.25) is 0 Å². The Labute approximate surface area is 179 Å². The molecule has 5 rings (SSSR count). The molecule has 0 amide bonds. The standard InChI is InChI=1S/C21H24N4O5S/c1-3-25-17-6-5-16(11-18(17)30-20(25)26)31(27,28)24-9-4-8-21(13-24)19-15(7-10-29-21)12-22-14(2)23-19/h5-6,11-12H,3-4,7-10,13H2,1-2H3/t21-/m1/s1. The zero-order chi connectivity index (χ0) is 21.8. The van der Waals surface area contributed by atoms with Gasteiger partial charge in [-0.3, -0.25) is 4.57 Å². The molecule has 164 valence electrons. The Hall–Kier alpha value is -2.56. The number of nitrogens with zero attached hydrogens (tertiary/aromatic N) is 4. The van der Waals surface area contributed by atoms with Crippen LogP contribution < -0.4 is 5.76 Å². The van der Waals surface area contributed by atoms with Crippen molar-refractivity contribution in [2.24, 2.45) is 0 Å². The molecule has 2 aliphatic heterocycles. The average molecular weight is 445 g/mol. The molecule has 9 nitrogen and oxygen atoms in total. The third kappa shape index (κ3) is 3.20. The van der Waals surface area contributed by atoms with Crippen LogP contribution in [0.5, 0.6) is 0 Å². The van der Waals surface area contributed by atoms with Gasteiger partial charge in [-0.2, -0.15) is 4.31 Å². The molecule has 31 heavy (non-hydrogen) atoms. The lowest BCUT2D eigenvalue weighted by Gasteiger charge is -2.44. The van der Waals surface area contributed by atoms with Gasteiger partial charge in [0.05, 0.1) is 22.7 Å². The molecule has 0 N–H and O–H groups in total. The summed E-state index contributed by atoms with van der Waals surface area (Å²) in [5.41, 5.74) is 1.89. The van der Waals surface area contributed by atoms with Crippen molar-refractivity contribution < 1.29 is 17.6 Å². The number of oxazole rings is 1. The van der Waals surface area contributed by atoms with Gasteiger partial charge in [-0.1, -0.05) is 0 Å². The predicted molar refractivity (Wildman–Crippen MR) is 112 cm³/mol. The van der Waals surface area contributed by atoms with Crippen LogP contribution in [0.25, 0.3) is 11.1 Å². The van der Waals surface area contributed by atoms with Crippen LogP contribution in [-0.4, -0.2) is 47.0 Å². The second-order valence-electron chi connectivity index (χ2n) is 8.07. The van der Waals surface area contributed by atoms with Gasteiger partial charge in [-0.05, 0) is 50.8 Å². The van der Waals surface area contributed by atoms with E-state index in [1.807, 2.05) is 20.0 Å². The fourth-order valence-electron chi connectivity index (χ4n) is 4.65. The summed E-state index contributed by atoms with van der Waals surface area (Å²) in [4.78, 5) is 21.0. The number of benzene rings is 1. The molecular formula is C21H24N4O5S. The molecular weight excluding hydrogens is 420 g/mol. The quantitative estimate of drug-likeness (QED) is 0.608. The predicted octanol–water partition coefficient (Wildman–Crippen LogP) is 1.97. The van der Waals surface area contributed by atoms with Crippen LogP contribution in [0, 0.1) is 6.92 Å². The Bertz CT molecular complexity index is 1330. The molecule has 1 spiro atoms. The van der Waals surface area contributed by atoms with E-state index in [-0.39, 0.29) is 17.0 Å². The number of piperidine rings is 1. The van der Waals surface area contributed by atoms with Crippen molar-refractivity contribution in [1.82, 2.24) is 18.8 Å². The molecule has 0 unspecified atom stereocenters. The third-order valence-electron chi connectivity index (χ3n) is 6.18. The molecule has 1 aromatic carbocycles. The summed E-state index contributed by atoms with van der Waals surface area (Å²) >= 11 is 0. The van der Waals surface area contributed by atoms with E-state index in [0.29, 0.717) is 50.3 Å². The summed E-state index contributed by atoms with van der Waals surface area (Å²) in [7, 11) is -3.81. The average Bonchev–Trinajstić information content (AvgIpc) is 3.08. The molecule has 1 fully saturated rings. The summed E-state index contributed by atoms with van der Waals surface area (Å²) in [6.45, 7) is 5.20. The normalized spacial score (nSPS) is 22.1. The first-order valence-corrected chi connectivity index (χ1v) is 11.9. The van der Waals surface area contributed by atoms with Gasteiger partial charge in [0.2, 0.25) is 10.0 Å². The number of hydrogen-bond acceptors (Lipinski definition) is 7. The van der Waals surface area contributed by atoms with Crippen molar-refractivity contribution in [2.75, 3.05) is 19.7 Å². The smallest absolute Gasteiger partial charge is 0.408 e. The highest BCUT2D eigenvalue weighted by Crippen LogP contribution is 2.40. The minimum Gasteiger partial charge on any atom is -0.408 e. The lowest BCUT2D eigenvalue weighted by atomic mass is 9.85. The lowest BCUT2D eigenvalue weighted by molar-refractivity contribution is -0.0935. The SMILES string of the molecule is CCn1c(=O)oc2cc(S(=O)(=O)N3CCC[C@]4(C3)OCCc3cnc(C)nc34)ccc21. The number of sulfonamides is 1. The van der Waals surface area contributed by atoms with Crippen molar-refractivity contribution in [3.8, 4) is 0 Å². The topological polar surface area (TPSA) is 108 Å². The van der Waals surface area contributed by atoms with Crippen molar-refractivity contribution in [3.63, 3.8) is 0 Å². The maximum absolute atomic E-state index is 13.5. The molecule has 0 saturated carbocycles. The first-order valence-electron chi connectivity index (χ1n) is 10.4. The van der Waals surface area contributed by atoms with Gasteiger partial charge in [0.15, 0.2) is 5.58 Å². The minimum absolute atomic E-state index is 0.101. The molecule has 0 aliphatic carbocycles. The molecule has 0 bridgehead atoms. The van der Waals surface area contributed by atoms with Crippen LogP contribution >= 0.6 is 0 Å². The maximum Gasteiger partial charge on any atom is 0.419 e. The Morgan fingerprint density at radius 2 is 2.13 bits per heavy atom. The molecule has 1 saturated heterocycles. The van der Waals surface area contributed by atoms with E-state index in [2.05, 4.69) is 9.97 Å². The lowest BCUT2D eigenvalue weighted by Crippen LogP contribution is -2.52. The van der Waals surface area contributed by atoms with Gasteiger partial charge in [0.25, 0.3) is 0 Å². The first-order chi connectivity index (χ1) is 14.8. The second kappa shape index (κ2) is 7.25.